The van der Waals surface area contributed by atoms with E-state index in [0.29, 0.717) is 42.0 Å². The number of benzene rings is 1. The SMILES string of the molecule is C=C1C(=O)O[C@H]2[C@H]1CC/C(COC(=O)Cn1cc(F)c(=O)n(Cc3ccccc3F)c1=O)=C\CC[C@@]1(C)O[C@@H]21. The molecule has 3 aliphatic rings. The number of rotatable bonds is 6. The Bertz CT molecular complexity index is 1490. The van der Waals surface area contributed by atoms with Crippen LogP contribution < -0.4 is 11.2 Å². The molecule has 11 heteroatoms. The van der Waals surface area contributed by atoms with E-state index in [4.69, 9.17) is 14.2 Å². The molecule has 2 aliphatic heterocycles. The summed E-state index contributed by atoms with van der Waals surface area (Å²) in [6.07, 6.45) is 4.49. The summed E-state index contributed by atoms with van der Waals surface area (Å²) in [4.78, 5) is 49.8. The molecule has 2 fully saturated rings. The predicted molar refractivity (Wildman–Crippen MR) is 134 cm³/mol. The Morgan fingerprint density at radius 1 is 1.21 bits per heavy atom. The van der Waals surface area contributed by atoms with Gasteiger partial charge in [0.2, 0.25) is 5.82 Å². The van der Waals surface area contributed by atoms with E-state index in [1.165, 1.54) is 18.2 Å². The number of carbonyl (C=O) groups excluding carboxylic acids is 2. The maximum absolute atomic E-state index is 14.3. The number of hydrogen-bond donors (Lipinski definition) is 0. The monoisotopic (exact) mass is 542 g/mol. The molecule has 0 N–H and O–H groups in total. The Balaban J connectivity index is 1.26. The van der Waals surface area contributed by atoms with Gasteiger partial charge in [-0.2, -0.15) is 4.39 Å². The third kappa shape index (κ3) is 5.36. The number of halogens is 2. The molecule has 4 atom stereocenters. The molecule has 0 spiro atoms. The normalized spacial score (nSPS) is 27.6. The maximum atomic E-state index is 14.3. The summed E-state index contributed by atoms with van der Waals surface area (Å²) in [6.45, 7) is 4.66. The molecule has 0 amide bonds. The second-order valence-electron chi connectivity index (χ2n) is 10.3. The van der Waals surface area contributed by atoms with Gasteiger partial charge in [0, 0.05) is 17.1 Å². The van der Waals surface area contributed by atoms with Crippen LogP contribution in [-0.4, -0.2) is 45.5 Å². The summed E-state index contributed by atoms with van der Waals surface area (Å²) in [6, 6.07) is 5.51. The number of esters is 2. The van der Waals surface area contributed by atoms with Crippen LogP contribution in [0.4, 0.5) is 8.78 Å². The van der Waals surface area contributed by atoms with E-state index in [0.717, 1.165) is 16.2 Å². The summed E-state index contributed by atoms with van der Waals surface area (Å²) >= 11 is 0. The zero-order chi connectivity index (χ0) is 27.9. The number of fused-ring (bicyclic) bond motifs is 3. The molecular weight excluding hydrogens is 514 g/mol. The van der Waals surface area contributed by atoms with Gasteiger partial charge in [0.1, 0.15) is 31.2 Å². The first-order chi connectivity index (χ1) is 18.6. The van der Waals surface area contributed by atoms with Gasteiger partial charge in [0.25, 0.3) is 5.56 Å². The van der Waals surface area contributed by atoms with Gasteiger partial charge in [-0.15, -0.1) is 0 Å². The third-order valence-electron chi connectivity index (χ3n) is 7.64. The molecule has 39 heavy (non-hydrogen) atoms. The standard InChI is InChI=1S/C28H28F2N2O7/c1-16-19-10-9-17(6-5-11-28(2)24(39-28)23(19)38-26(16)35)15-37-22(33)14-31-13-21(30)25(34)32(27(31)36)12-18-7-3-4-8-20(18)29/h3-4,6-8,13,19,23-24H,1,5,9-12,14-15H2,2H3/b17-6+/t19-,23-,24-,28+/m0/s1. The molecule has 3 heterocycles. The summed E-state index contributed by atoms with van der Waals surface area (Å²) in [7, 11) is 0. The van der Waals surface area contributed by atoms with Crippen LogP contribution in [0, 0.1) is 17.6 Å². The van der Waals surface area contributed by atoms with Crippen LogP contribution in [0.15, 0.2) is 63.9 Å². The number of ether oxygens (including phenoxy) is 3. The van der Waals surface area contributed by atoms with Gasteiger partial charge < -0.3 is 14.2 Å². The van der Waals surface area contributed by atoms with Crippen molar-refractivity contribution in [3.8, 4) is 0 Å². The molecule has 0 radical (unpaired) electrons. The van der Waals surface area contributed by atoms with Gasteiger partial charge in [0.05, 0.1) is 18.3 Å². The minimum Gasteiger partial charge on any atom is -0.460 e. The quantitative estimate of drug-likeness (QED) is 0.239. The first-order valence-electron chi connectivity index (χ1n) is 12.7. The molecule has 1 aromatic heterocycles. The molecule has 0 unspecified atom stereocenters. The minimum atomic E-state index is -1.26. The van der Waals surface area contributed by atoms with Crippen molar-refractivity contribution in [2.24, 2.45) is 5.92 Å². The highest BCUT2D eigenvalue weighted by Gasteiger charge is 2.61. The topological polar surface area (TPSA) is 109 Å². The summed E-state index contributed by atoms with van der Waals surface area (Å²) in [5.74, 6) is -3.36. The van der Waals surface area contributed by atoms with Crippen molar-refractivity contribution < 1.29 is 32.6 Å². The van der Waals surface area contributed by atoms with E-state index in [1.807, 2.05) is 13.0 Å². The van der Waals surface area contributed by atoms with Crippen molar-refractivity contribution in [3.63, 3.8) is 0 Å². The van der Waals surface area contributed by atoms with E-state index in [-0.39, 0.29) is 24.2 Å². The fourth-order valence-electron chi connectivity index (χ4n) is 5.28. The molecule has 5 rings (SSSR count). The van der Waals surface area contributed by atoms with Crippen molar-refractivity contribution in [3.05, 3.63) is 92.3 Å². The fraction of sp³-hybridized carbons (Fsp3) is 0.429. The molecular formula is C28H28F2N2O7. The van der Waals surface area contributed by atoms with Crippen LogP contribution in [0.5, 0.6) is 0 Å². The average Bonchev–Trinajstić information content (AvgIpc) is 3.49. The van der Waals surface area contributed by atoms with Gasteiger partial charge in [-0.3, -0.25) is 18.7 Å². The second kappa shape index (κ2) is 10.4. The number of carbonyl (C=O) groups is 2. The van der Waals surface area contributed by atoms with Crippen molar-refractivity contribution in [2.75, 3.05) is 6.61 Å². The third-order valence-corrected chi connectivity index (χ3v) is 7.64. The minimum absolute atomic E-state index is 0.0235. The smallest absolute Gasteiger partial charge is 0.334 e. The second-order valence-corrected chi connectivity index (χ2v) is 10.3. The highest BCUT2D eigenvalue weighted by Crippen LogP contribution is 2.49. The Morgan fingerprint density at radius 3 is 2.74 bits per heavy atom. The van der Waals surface area contributed by atoms with E-state index >= 15 is 0 Å². The van der Waals surface area contributed by atoms with Gasteiger partial charge in [-0.25, -0.2) is 14.0 Å². The summed E-state index contributed by atoms with van der Waals surface area (Å²) in [5, 5.41) is 0. The zero-order valence-corrected chi connectivity index (χ0v) is 21.4. The van der Waals surface area contributed by atoms with Crippen LogP contribution in [0.2, 0.25) is 0 Å². The Hall–Kier alpha value is -3.86. The van der Waals surface area contributed by atoms with E-state index < -0.39 is 59.6 Å². The fourth-order valence-corrected chi connectivity index (χ4v) is 5.28. The molecule has 1 aliphatic carbocycles. The predicted octanol–water partition coefficient (Wildman–Crippen LogP) is 2.64. The molecule has 0 saturated carbocycles. The molecule has 2 aromatic rings. The van der Waals surface area contributed by atoms with E-state index in [9.17, 15) is 28.0 Å². The van der Waals surface area contributed by atoms with Crippen LogP contribution >= 0.6 is 0 Å². The Labute approximate surface area is 222 Å². The van der Waals surface area contributed by atoms with Gasteiger partial charge in [0.15, 0.2) is 0 Å². The summed E-state index contributed by atoms with van der Waals surface area (Å²) < 4.78 is 46.5. The van der Waals surface area contributed by atoms with Gasteiger partial charge in [-0.1, -0.05) is 30.9 Å². The maximum Gasteiger partial charge on any atom is 0.334 e. The average molecular weight is 543 g/mol. The molecule has 206 valence electrons. The lowest BCUT2D eigenvalue weighted by molar-refractivity contribution is -0.143. The van der Waals surface area contributed by atoms with Crippen molar-refractivity contribution >= 4 is 11.9 Å². The van der Waals surface area contributed by atoms with Crippen molar-refractivity contribution in [1.29, 1.82) is 0 Å². The number of aromatic nitrogens is 2. The highest BCUT2D eigenvalue weighted by atomic mass is 19.1. The van der Waals surface area contributed by atoms with E-state index in [1.54, 1.807) is 0 Å². The van der Waals surface area contributed by atoms with Crippen LogP contribution in [0.3, 0.4) is 0 Å². The largest absolute Gasteiger partial charge is 0.460 e. The first-order valence-corrected chi connectivity index (χ1v) is 12.7. The van der Waals surface area contributed by atoms with Gasteiger partial charge in [-0.05, 0) is 44.2 Å². The van der Waals surface area contributed by atoms with Crippen LogP contribution in [0.25, 0.3) is 0 Å². The number of allylic oxidation sites excluding steroid dienone is 1. The highest BCUT2D eigenvalue weighted by molar-refractivity contribution is 5.91. The lowest BCUT2D eigenvalue weighted by atomic mass is 9.84. The first kappa shape index (κ1) is 26.7. The molecule has 9 nitrogen and oxygen atoms in total. The van der Waals surface area contributed by atoms with Crippen LogP contribution in [-0.2, 0) is 36.9 Å². The number of epoxide rings is 1. The van der Waals surface area contributed by atoms with Gasteiger partial charge >= 0.3 is 17.6 Å². The van der Waals surface area contributed by atoms with Crippen molar-refractivity contribution in [1.82, 2.24) is 9.13 Å². The van der Waals surface area contributed by atoms with E-state index in [2.05, 4.69) is 6.58 Å². The molecule has 2 saturated heterocycles. The molecule has 1 aromatic carbocycles. The summed E-state index contributed by atoms with van der Waals surface area (Å²) in [5.41, 5.74) is -1.34. The van der Waals surface area contributed by atoms with Crippen LogP contribution in [0.1, 0.15) is 38.2 Å². The lowest BCUT2D eigenvalue weighted by Crippen LogP contribution is -2.42. The lowest BCUT2D eigenvalue weighted by Gasteiger charge is -2.20. The van der Waals surface area contributed by atoms with Crippen molar-refractivity contribution in [2.45, 2.75) is 63.5 Å². The zero-order valence-electron chi connectivity index (χ0n) is 21.4. The Kier molecular flexibility index (Phi) is 7.11. The number of hydrogen-bond acceptors (Lipinski definition) is 7. The number of nitrogens with zero attached hydrogens (tertiary/aromatic N) is 2. The molecule has 0 bridgehead atoms. The Morgan fingerprint density at radius 2 is 1.97 bits per heavy atom.